The number of aromatic nitrogens is 4. The van der Waals surface area contributed by atoms with E-state index in [1.54, 1.807) is 6.92 Å². The largest absolute Gasteiger partial charge is 0.466 e. The SMILES string of the molecule is CCOC(=O)CC(N)C(=O)Cn1nnnc1Cc1ccccc1. The van der Waals surface area contributed by atoms with E-state index in [9.17, 15) is 9.59 Å². The molecule has 23 heavy (non-hydrogen) atoms. The Morgan fingerprint density at radius 1 is 1.30 bits per heavy atom. The van der Waals surface area contributed by atoms with Gasteiger partial charge in [0, 0.05) is 6.42 Å². The number of nitrogens with zero attached hydrogens (tertiary/aromatic N) is 4. The van der Waals surface area contributed by atoms with Crippen molar-refractivity contribution in [3.8, 4) is 0 Å². The maximum atomic E-state index is 12.1. The van der Waals surface area contributed by atoms with Gasteiger partial charge in [0.05, 0.1) is 19.1 Å². The lowest BCUT2D eigenvalue weighted by Crippen LogP contribution is -2.36. The second-order valence-corrected chi connectivity index (χ2v) is 5.00. The summed E-state index contributed by atoms with van der Waals surface area (Å²) in [5.41, 5.74) is 6.77. The first kappa shape index (κ1) is 16.8. The first-order chi connectivity index (χ1) is 11.1. The van der Waals surface area contributed by atoms with Crippen molar-refractivity contribution in [1.29, 1.82) is 0 Å². The molecule has 0 saturated carbocycles. The molecule has 2 aromatic rings. The van der Waals surface area contributed by atoms with Crippen molar-refractivity contribution in [2.24, 2.45) is 5.73 Å². The highest BCUT2D eigenvalue weighted by atomic mass is 16.5. The van der Waals surface area contributed by atoms with Crippen molar-refractivity contribution in [2.75, 3.05) is 6.61 Å². The summed E-state index contributed by atoms with van der Waals surface area (Å²) in [6.07, 6.45) is 0.358. The van der Waals surface area contributed by atoms with Gasteiger partial charge in [0.15, 0.2) is 11.6 Å². The van der Waals surface area contributed by atoms with Crippen molar-refractivity contribution in [1.82, 2.24) is 20.2 Å². The number of rotatable bonds is 8. The van der Waals surface area contributed by atoms with E-state index < -0.39 is 12.0 Å². The number of ether oxygens (including phenoxy) is 1. The number of tetrazole rings is 1. The van der Waals surface area contributed by atoms with E-state index in [1.807, 2.05) is 30.3 Å². The summed E-state index contributed by atoms with van der Waals surface area (Å²) in [4.78, 5) is 23.5. The topological polar surface area (TPSA) is 113 Å². The van der Waals surface area contributed by atoms with Gasteiger partial charge in [-0.05, 0) is 22.9 Å². The molecule has 0 aliphatic rings. The summed E-state index contributed by atoms with van der Waals surface area (Å²) in [5.74, 6) is -0.248. The molecule has 0 spiro atoms. The number of esters is 1. The molecule has 0 amide bonds. The molecule has 0 aliphatic heterocycles. The first-order valence-corrected chi connectivity index (χ1v) is 7.33. The van der Waals surface area contributed by atoms with Crippen molar-refractivity contribution >= 4 is 11.8 Å². The number of Topliss-reactive ketones (excluding diaryl/α,β-unsaturated/α-hetero) is 1. The lowest BCUT2D eigenvalue weighted by atomic mass is 10.1. The molecule has 1 heterocycles. The summed E-state index contributed by atoms with van der Waals surface area (Å²) in [7, 11) is 0. The molecule has 0 aliphatic carbocycles. The Hall–Kier alpha value is -2.61. The third kappa shape index (κ3) is 4.96. The normalized spacial score (nSPS) is 11.9. The van der Waals surface area contributed by atoms with Gasteiger partial charge in [-0.25, -0.2) is 4.68 Å². The van der Waals surface area contributed by atoms with Crippen LogP contribution in [0.15, 0.2) is 30.3 Å². The van der Waals surface area contributed by atoms with Gasteiger partial charge in [0.1, 0.15) is 6.54 Å². The lowest BCUT2D eigenvalue weighted by molar-refractivity contribution is -0.144. The minimum absolute atomic E-state index is 0.0737. The van der Waals surface area contributed by atoms with E-state index >= 15 is 0 Å². The van der Waals surface area contributed by atoms with E-state index in [0.717, 1.165) is 5.56 Å². The van der Waals surface area contributed by atoms with Crippen LogP contribution in [0.4, 0.5) is 0 Å². The van der Waals surface area contributed by atoms with Crippen LogP contribution in [-0.2, 0) is 27.3 Å². The Bertz CT molecular complexity index is 656. The Morgan fingerprint density at radius 2 is 2.04 bits per heavy atom. The molecular formula is C15H19N5O3. The minimum Gasteiger partial charge on any atom is -0.466 e. The second-order valence-electron chi connectivity index (χ2n) is 5.00. The molecule has 0 bridgehead atoms. The third-order valence-electron chi connectivity index (χ3n) is 3.22. The van der Waals surface area contributed by atoms with Gasteiger partial charge < -0.3 is 10.5 Å². The van der Waals surface area contributed by atoms with E-state index in [0.29, 0.717) is 12.2 Å². The lowest BCUT2D eigenvalue weighted by Gasteiger charge is -2.10. The average Bonchev–Trinajstić information content (AvgIpc) is 2.95. The number of ketones is 1. The summed E-state index contributed by atoms with van der Waals surface area (Å²) in [6.45, 7) is 1.88. The molecule has 122 valence electrons. The van der Waals surface area contributed by atoms with E-state index in [-0.39, 0.29) is 25.4 Å². The number of hydrogen-bond acceptors (Lipinski definition) is 7. The molecule has 8 heteroatoms. The standard InChI is InChI=1S/C15H19N5O3/c1-2-23-15(22)9-12(16)13(21)10-20-14(17-18-19-20)8-11-6-4-3-5-7-11/h3-7,12H,2,8-10,16H2,1H3. The van der Waals surface area contributed by atoms with Gasteiger partial charge in [-0.2, -0.15) is 0 Å². The van der Waals surface area contributed by atoms with Crippen LogP contribution in [0.1, 0.15) is 24.7 Å². The quantitative estimate of drug-likeness (QED) is 0.688. The van der Waals surface area contributed by atoms with E-state index in [2.05, 4.69) is 15.5 Å². The average molecular weight is 317 g/mol. The van der Waals surface area contributed by atoms with Gasteiger partial charge in [0.2, 0.25) is 0 Å². The molecule has 1 unspecified atom stereocenters. The third-order valence-corrected chi connectivity index (χ3v) is 3.22. The highest BCUT2D eigenvalue weighted by molar-refractivity contribution is 5.87. The van der Waals surface area contributed by atoms with Crippen LogP contribution in [0, 0.1) is 0 Å². The molecule has 1 aromatic carbocycles. The summed E-state index contributed by atoms with van der Waals surface area (Å²) >= 11 is 0. The Balaban J connectivity index is 1.96. The number of benzene rings is 1. The van der Waals surface area contributed by atoms with Crippen LogP contribution in [0.3, 0.4) is 0 Å². The summed E-state index contributed by atoms with van der Waals surface area (Å²) in [5, 5.41) is 11.3. The minimum atomic E-state index is -0.928. The molecule has 1 atom stereocenters. The number of hydrogen-bond donors (Lipinski definition) is 1. The van der Waals surface area contributed by atoms with Crippen molar-refractivity contribution in [3.63, 3.8) is 0 Å². The Kier molecular flexibility index (Phi) is 5.93. The zero-order valence-electron chi connectivity index (χ0n) is 12.9. The molecule has 2 rings (SSSR count). The highest BCUT2D eigenvalue weighted by Gasteiger charge is 2.20. The Morgan fingerprint density at radius 3 is 2.74 bits per heavy atom. The van der Waals surface area contributed by atoms with Gasteiger partial charge in [-0.15, -0.1) is 5.10 Å². The van der Waals surface area contributed by atoms with Gasteiger partial charge in [-0.1, -0.05) is 30.3 Å². The predicted molar refractivity (Wildman–Crippen MR) is 81.3 cm³/mol. The monoisotopic (exact) mass is 317 g/mol. The second kappa shape index (κ2) is 8.14. The first-order valence-electron chi connectivity index (χ1n) is 7.33. The fourth-order valence-corrected chi connectivity index (χ4v) is 2.03. The number of nitrogens with two attached hydrogens (primary N) is 1. The fourth-order valence-electron chi connectivity index (χ4n) is 2.03. The number of carbonyl (C=O) groups excluding carboxylic acids is 2. The van der Waals surface area contributed by atoms with Crippen molar-refractivity contribution in [2.45, 2.75) is 32.4 Å². The summed E-state index contributed by atoms with van der Waals surface area (Å²) < 4.78 is 6.19. The number of carbonyl (C=O) groups is 2. The fraction of sp³-hybridized carbons (Fsp3) is 0.400. The molecular weight excluding hydrogens is 298 g/mol. The molecule has 1 aromatic heterocycles. The van der Waals surface area contributed by atoms with Gasteiger partial charge >= 0.3 is 5.97 Å². The summed E-state index contributed by atoms with van der Waals surface area (Å²) in [6, 6.07) is 8.74. The van der Waals surface area contributed by atoms with Crippen LogP contribution in [0.25, 0.3) is 0 Å². The van der Waals surface area contributed by atoms with E-state index in [4.69, 9.17) is 10.5 Å². The van der Waals surface area contributed by atoms with Gasteiger partial charge in [0.25, 0.3) is 0 Å². The maximum Gasteiger partial charge on any atom is 0.307 e. The smallest absolute Gasteiger partial charge is 0.307 e. The van der Waals surface area contributed by atoms with Crippen LogP contribution in [-0.4, -0.2) is 44.6 Å². The van der Waals surface area contributed by atoms with Crippen molar-refractivity contribution < 1.29 is 14.3 Å². The molecule has 0 saturated heterocycles. The van der Waals surface area contributed by atoms with Crippen LogP contribution < -0.4 is 5.73 Å². The zero-order chi connectivity index (χ0) is 16.7. The van der Waals surface area contributed by atoms with Crippen LogP contribution >= 0.6 is 0 Å². The maximum absolute atomic E-state index is 12.1. The zero-order valence-corrected chi connectivity index (χ0v) is 12.9. The molecule has 0 fully saturated rings. The molecule has 8 nitrogen and oxygen atoms in total. The van der Waals surface area contributed by atoms with Crippen molar-refractivity contribution in [3.05, 3.63) is 41.7 Å². The van der Waals surface area contributed by atoms with E-state index in [1.165, 1.54) is 4.68 Å². The van der Waals surface area contributed by atoms with Gasteiger partial charge in [-0.3, -0.25) is 9.59 Å². The Labute approximate surface area is 133 Å². The molecule has 0 radical (unpaired) electrons. The predicted octanol–water partition coefficient (Wildman–Crippen LogP) is 0.114. The van der Waals surface area contributed by atoms with Crippen LogP contribution in [0.5, 0.6) is 0 Å². The highest BCUT2D eigenvalue weighted by Crippen LogP contribution is 2.06. The molecule has 2 N–H and O–H groups in total. The van der Waals surface area contributed by atoms with Crippen LogP contribution in [0.2, 0.25) is 0 Å².